The van der Waals surface area contributed by atoms with E-state index in [0.29, 0.717) is 43.6 Å². The first-order chi connectivity index (χ1) is 13.1. The van der Waals surface area contributed by atoms with E-state index in [1.807, 2.05) is 21.9 Å². The van der Waals surface area contributed by atoms with Gasteiger partial charge in [-0.25, -0.2) is 0 Å². The number of hydrogen-bond acceptors (Lipinski definition) is 4. The van der Waals surface area contributed by atoms with Crippen molar-refractivity contribution in [3.05, 3.63) is 29.8 Å². The molecule has 2 atom stereocenters. The molecule has 0 unspecified atom stereocenters. The Hall–Kier alpha value is -2.08. The molecule has 0 bridgehead atoms. The van der Waals surface area contributed by atoms with Crippen LogP contribution in [0.25, 0.3) is 0 Å². The number of carbonyl (C=O) groups is 2. The minimum atomic E-state index is -0.194. The monoisotopic (exact) mass is 371 g/mol. The fraction of sp³-hybridized carbons (Fsp3) is 0.619. The maximum absolute atomic E-state index is 13.3. The van der Waals surface area contributed by atoms with E-state index in [2.05, 4.69) is 5.32 Å². The summed E-state index contributed by atoms with van der Waals surface area (Å²) in [6.45, 7) is 4.27. The molecule has 2 heterocycles. The van der Waals surface area contributed by atoms with E-state index < -0.39 is 0 Å². The van der Waals surface area contributed by atoms with Crippen LogP contribution >= 0.6 is 0 Å². The normalized spacial score (nSPS) is 28.0. The first-order valence-electron chi connectivity index (χ1n) is 10.1. The molecule has 6 nitrogen and oxygen atoms in total. The zero-order chi connectivity index (χ0) is 18.9. The predicted octanol–water partition coefficient (Wildman–Crippen LogP) is 1.76. The Morgan fingerprint density at radius 1 is 1.07 bits per heavy atom. The van der Waals surface area contributed by atoms with Crippen molar-refractivity contribution in [3.8, 4) is 5.75 Å². The lowest BCUT2D eigenvalue weighted by atomic mass is 9.67. The van der Waals surface area contributed by atoms with Crippen molar-refractivity contribution in [1.82, 2.24) is 15.1 Å². The molecule has 2 saturated heterocycles. The van der Waals surface area contributed by atoms with Crippen molar-refractivity contribution < 1.29 is 14.3 Å². The molecule has 3 fully saturated rings. The van der Waals surface area contributed by atoms with Crippen LogP contribution in [0.4, 0.5) is 0 Å². The van der Waals surface area contributed by atoms with Crippen molar-refractivity contribution in [2.24, 2.45) is 11.3 Å². The van der Waals surface area contributed by atoms with Crippen molar-refractivity contribution in [3.63, 3.8) is 0 Å². The third-order valence-corrected chi connectivity index (χ3v) is 6.66. The lowest BCUT2D eigenvalue weighted by molar-refractivity contribution is -0.146. The summed E-state index contributed by atoms with van der Waals surface area (Å²) in [6.07, 6.45) is 4.56. The Kier molecular flexibility index (Phi) is 5.08. The van der Waals surface area contributed by atoms with Crippen molar-refractivity contribution >= 4 is 11.8 Å². The third-order valence-electron chi connectivity index (χ3n) is 6.66. The molecule has 4 rings (SSSR count). The fourth-order valence-electron chi connectivity index (χ4n) is 5.01. The van der Waals surface area contributed by atoms with E-state index in [-0.39, 0.29) is 11.3 Å². The van der Waals surface area contributed by atoms with Gasteiger partial charge in [0.05, 0.1) is 12.5 Å². The van der Waals surface area contributed by atoms with Crippen LogP contribution in [-0.4, -0.2) is 68.0 Å². The SMILES string of the molecule is COc1ccc(C(=O)N2CCN(C(=O)[C@@]34CCCC[C@H]3CNC4)CC2)cc1. The van der Waals surface area contributed by atoms with Gasteiger partial charge in [-0.15, -0.1) is 0 Å². The number of hydrogen-bond donors (Lipinski definition) is 1. The summed E-state index contributed by atoms with van der Waals surface area (Å²) in [4.78, 5) is 29.9. The van der Waals surface area contributed by atoms with Gasteiger partial charge in [0.2, 0.25) is 5.91 Å². The largest absolute Gasteiger partial charge is 0.497 e. The van der Waals surface area contributed by atoms with E-state index in [9.17, 15) is 9.59 Å². The number of fused-ring (bicyclic) bond motifs is 1. The highest BCUT2D eigenvalue weighted by Gasteiger charge is 2.51. The number of carbonyl (C=O) groups excluding carboxylic acids is 2. The van der Waals surface area contributed by atoms with Crippen LogP contribution in [0.1, 0.15) is 36.0 Å². The highest BCUT2D eigenvalue weighted by atomic mass is 16.5. The molecule has 1 N–H and O–H groups in total. The van der Waals surface area contributed by atoms with Crippen molar-refractivity contribution in [2.45, 2.75) is 25.7 Å². The second-order valence-electron chi connectivity index (χ2n) is 8.04. The molecule has 0 aromatic heterocycles. The zero-order valence-electron chi connectivity index (χ0n) is 16.1. The lowest BCUT2D eigenvalue weighted by Crippen LogP contribution is -2.56. The van der Waals surface area contributed by atoms with Crippen LogP contribution in [0.5, 0.6) is 5.75 Å². The van der Waals surface area contributed by atoms with Gasteiger partial charge in [0.25, 0.3) is 5.91 Å². The van der Waals surface area contributed by atoms with E-state index in [4.69, 9.17) is 4.74 Å². The molecule has 2 aliphatic heterocycles. The number of rotatable bonds is 3. The average molecular weight is 371 g/mol. The Morgan fingerprint density at radius 2 is 1.78 bits per heavy atom. The van der Waals surface area contributed by atoms with Gasteiger partial charge in [0, 0.05) is 38.3 Å². The van der Waals surface area contributed by atoms with E-state index >= 15 is 0 Å². The van der Waals surface area contributed by atoms with Crippen LogP contribution in [0, 0.1) is 11.3 Å². The molecule has 1 aromatic rings. The quantitative estimate of drug-likeness (QED) is 0.880. The van der Waals surface area contributed by atoms with Crippen LogP contribution in [-0.2, 0) is 4.79 Å². The molecule has 0 radical (unpaired) electrons. The standard InChI is InChI=1S/C21H29N3O3/c1-27-18-7-5-16(6-8-18)19(25)23-10-12-24(13-11-23)20(26)21-9-3-2-4-17(21)14-22-15-21/h5-8,17,22H,2-4,9-15H2,1H3/t17-,21+/m0/s1. The maximum atomic E-state index is 13.3. The number of nitrogens with one attached hydrogen (secondary N) is 1. The smallest absolute Gasteiger partial charge is 0.253 e. The number of piperazine rings is 1. The Morgan fingerprint density at radius 3 is 2.48 bits per heavy atom. The second-order valence-corrected chi connectivity index (χ2v) is 8.04. The van der Waals surface area contributed by atoms with Gasteiger partial charge >= 0.3 is 0 Å². The highest BCUT2D eigenvalue weighted by Crippen LogP contribution is 2.45. The number of methoxy groups -OCH3 is 1. The average Bonchev–Trinajstić information content (AvgIpc) is 3.18. The molecule has 0 spiro atoms. The van der Waals surface area contributed by atoms with Gasteiger partial charge in [-0.05, 0) is 49.6 Å². The van der Waals surface area contributed by atoms with Gasteiger partial charge in [0.1, 0.15) is 5.75 Å². The summed E-state index contributed by atoms with van der Waals surface area (Å²) in [5, 5.41) is 3.46. The molecule has 6 heteroatoms. The molecule has 1 aliphatic carbocycles. The number of nitrogens with zero attached hydrogens (tertiary/aromatic N) is 2. The van der Waals surface area contributed by atoms with E-state index in [0.717, 1.165) is 38.1 Å². The number of benzene rings is 1. The third kappa shape index (κ3) is 3.31. The van der Waals surface area contributed by atoms with E-state index in [1.54, 1.807) is 19.2 Å². The minimum absolute atomic E-state index is 0.0287. The molecular formula is C21H29N3O3. The van der Waals surface area contributed by atoms with Crippen LogP contribution in [0.3, 0.4) is 0 Å². The fourth-order valence-corrected chi connectivity index (χ4v) is 5.01. The molecule has 146 valence electrons. The van der Waals surface area contributed by atoms with E-state index in [1.165, 1.54) is 6.42 Å². The second kappa shape index (κ2) is 7.50. The maximum Gasteiger partial charge on any atom is 0.253 e. The summed E-state index contributed by atoms with van der Waals surface area (Å²) in [5.41, 5.74) is 0.474. The highest BCUT2D eigenvalue weighted by molar-refractivity contribution is 5.94. The number of amides is 2. The van der Waals surface area contributed by atoms with Gasteiger partial charge in [-0.3, -0.25) is 9.59 Å². The molecule has 3 aliphatic rings. The summed E-state index contributed by atoms with van der Waals surface area (Å²) in [7, 11) is 1.61. The van der Waals surface area contributed by atoms with Crippen LogP contribution in [0.2, 0.25) is 0 Å². The van der Waals surface area contributed by atoms with Crippen molar-refractivity contribution in [1.29, 1.82) is 0 Å². The first-order valence-corrected chi connectivity index (χ1v) is 10.1. The zero-order valence-corrected chi connectivity index (χ0v) is 16.1. The Bertz CT molecular complexity index is 697. The van der Waals surface area contributed by atoms with Crippen molar-refractivity contribution in [2.75, 3.05) is 46.4 Å². The van der Waals surface area contributed by atoms with Gasteiger partial charge in [-0.2, -0.15) is 0 Å². The lowest BCUT2D eigenvalue weighted by Gasteiger charge is -2.43. The molecular weight excluding hydrogens is 342 g/mol. The minimum Gasteiger partial charge on any atom is -0.497 e. The summed E-state index contributed by atoms with van der Waals surface area (Å²) in [5.74, 6) is 1.57. The topological polar surface area (TPSA) is 61.9 Å². The first kappa shape index (κ1) is 18.3. The molecule has 27 heavy (non-hydrogen) atoms. The van der Waals surface area contributed by atoms with Gasteiger partial charge in [-0.1, -0.05) is 12.8 Å². The van der Waals surface area contributed by atoms with Crippen LogP contribution in [0.15, 0.2) is 24.3 Å². The predicted molar refractivity (Wildman–Crippen MR) is 103 cm³/mol. The summed E-state index contributed by atoms with van der Waals surface area (Å²) < 4.78 is 5.15. The van der Waals surface area contributed by atoms with Gasteiger partial charge in [0.15, 0.2) is 0 Å². The van der Waals surface area contributed by atoms with Crippen LogP contribution < -0.4 is 10.1 Å². The van der Waals surface area contributed by atoms with Gasteiger partial charge < -0.3 is 19.9 Å². The Balaban J connectivity index is 1.38. The number of ether oxygens (including phenoxy) is 1. The molecule has 2 amide bonds. The summed E-state index contributed by atoms with van der Waals surface area (Å²) >= 11 is 0. The molecule has 1 aromatic carbocycles. The Labute approximate surface area is 160 Å². The molecule has 1 saturated carbocycles. The summed E-state index contributed by atoms with van der Waals surface area (Å²) in [6, 6.07) is 7.22.